The second-order valence-electron chi connectivity index (χ2n) is 2.91. The second-order valence-corrected chi connectivity index (χ2v) is 3.90. The minimum atomic E-state index is 0.927. The van der Waals surface area contributed by atoms with Gasteiger partial charge >= 0.3 is 0 Å². The molecule has 0 amide bonds. The van der Waals surface area contributed by atoms with E-state index in [-0.39, 0.29) is 0 Å². The van der Waals surface area contributed by atoms with E-state index in [1.807, 2.05) is 24.2 Å². The Balaban J connectivity index is 2.46. The van der Waals surface area contributed by atoms with Crippen LogP contribution < -0.4 is 10.6 Å². The Morgan fingerprint density at radius 2 is 2.00 bits per heavy atom. The lowest BCUT2D eigenvalue weighted by molar-refractivity contribution is 1.17. The van der Waals surface area contributed by atoms with E-state index in [4.69, 9.17) is 0 Å². The van der Waals surface area contributed by atoms with Gasteiger partial charge in [0.05, 0.1) is 23.8 Å². The number of thioether (sulfide) groups is 1. The minimum Gasteiger partial charge on any atom is -0.384 e. The average molecular weight is 211 g/mol. The van der Waals surface area contributed by atoms with Gasteiger partial charge in [-0.2, -0.15) is 11.8 Å². The van der Waals surface area contributed by atoms with Crippen LogP contribution in [0.15, 0.2) is 18.5 Å². The van der Waals surface area contributed by atoms with Crippen molar-refractivity contribution in [2.75, 3.05) is 35.7 Å². The second kappa shape index (κ2) is 6.54. The largest absolute Gasteiger partial charge is 0.384 e. The number of nitrogens with one attached hydrogen (secondary N) is 2. The van der Waals surface area contributed by atoms with Crippen molar-refractivity contribution in [3.05, 3.63) is 18.5 Å². The Morgan fingerprint density at radius 1 is 1.29 bits per heavy atom. The van der Waals surface area contributed by atoms with Crippen molar-refractivity contribution in [1.82, 2.24) is 4.98 Å². The van der Waals surface area contributed by atoms with Crippen LogP contribution in [0.25, 0.3) is 0 Å². The van der Waals surface area contributed by atoms with Crippen LogP contribution in [0.1, 0.15) is 6.92 Å². The number of nitrogens with zero attached hydrogens (tertiary/aromatic N) is 1. The van der Waals surface area contributed by atoms with Gasteiger partial charge in [-0.15, -0.1) is 0 Å². The highest BCUT2D eigenvalue weighted by atomic mass is 32.2. The molecular weight excluding hydrogens is 194 g/mol. The van der Waals surface area contributed by atoms with Crippen LogP contribution in [0.5, 0.6) is 0 Å². The lowest BCUT2D eigenvalue weighted by atomic mass is 10.3. The van der Waals surface area contributed by atoms with E-state index < -0.39 is 0 Å². The van der Waals surface area contributed by atoms with Crippen LogP contribution in [0.4, 0.5) is 11.4 Å². The molecule has 0 spiro atoms. The molecule has 0 atom stereocenters. The Kier molecular flexibility index (Phi) is 5.22. The van der Waals surface area contributed by atoms with Crippen LogP contribution >= 0.6 is 11.8 Å². The summed E-state index contributed by atoms with van der Waals surface area (Å²) in [5.41, 5.74) is 2.15. The smallest absolute Gasteiger partial charge is 0.0547 e. The summed E-state index contributed by atoms with van der Waals surface area (Å²) in [4.78, 5) is 4.15. The van der Waals surface area contributed by atoms with Gasteiger partial charge in [-0.1, -0.05) is 0 Å². The molecule has 78 valence electrons. The molecule has 0 radical (unpaired) electrons. The molecule has 0 bridgehead atoms. The van der Waals surface area contributed by atoms with Crippen LogP contribution in [0, 0.1) is 0 Å². The highest BCUT2D eigenvalue weighted by Gasteiger charge is 1.94. The van der Waals surface area contributed by atoms with Crippen LogP contribution in [-0.4, -0.2) is 30.1 Å². The SMILES string of the molecule is CCNc1cncc(NCCSC)c1. The van der Waals surface area contributed by atoms with Crippen LogP contribution in [0.3, 0.4) is 0 Å². The first kappa shape index (κ1) is 11.2. The van der Waals surface area contributed by atoms with E-state index in [2.05, 4.69) is 34.9 Å². The van der Waals surface area contributed by atoms with E-state index in [1.54, 1.807) is 0 Å². The standard InChI is InChI=1S/C10H17N3S/c1-3-12-9-6-10(8-11-7-9)13-4-5-14-2/h6-8,12-13H,3-5H2,1-2H3. The molecule has 0 unspecified atom stereocenters. The normalized spacial score (nSPS) is 9.86. The number of hydrogen-bond acceptors (Lipinski definition) is 4. The lowest BCUT2D eigenvalue weighted by Gasteiger charge is -2.07. The molecule has 1 aromatic heterocycles. The topological polar surface area (TPSA) is 37.0 Å². The van der Waals surface area contributed by atoms with Crippen LogP contribution in [-0.2, 0) is 0 Å². The van der Waals surface area contributed by atoms with Gasteiger partial charge in [0.15, 0.2) is 0 Å². The monoisotopic (exact) mass is 211 g/mol. The molecular formula is C10H17N3S. The molecule has 0 aliphatic rings. The molecule has 0 saturated carbocycles. The van der Waals surface area contributed by atoms with Crippen molar-refractivity contribution in [1.29, 1.82) is 0 Å². The van der Waals surface area contributed by atoms with E-state index in [0.717, 1.165) is 30.2 Å². The Hall–Kier alpha value is -0.900. The van der Waals surface area contributed by atoms with E-state index in [9.17, 15) is 0 Å². The summed E-state index contributed by atoms with van der Waals surface area (Å²) >= 11 is 1.84. The van der Waals surface area contributed by atoms with Crippen molar-refractivity contribution in [2.45, 2.75) is 6.92 Å². The van der Waals surface area contributed by atoms with Crippen LogP contribution in [0.2, 0.25) is 0 Å². The fourth-order valence-electron chi connectivity index (χ4n) is 1.13. The van der Waals surface area contributed by atoms with Gasteiger partial charge in [0.25, 0.3) is 0 Å². The average Bonchev–Trinajstić information content (AvgIpc) is 2.19. The zero-order valence-corrected chi connectivity index (χ0v) is 9.53. The summed E-state index contributed by atoms with van der Waals surface area (Å²) in [5, 5.41) is 6.55. The molecule has 0 aromatic carbocycles. The minimum absolute atomic E-state index is 0.927. The molecule has 0 aliphatic heterocycles. The summed E-state index contributed by atoms with van der Waals surface area (Å²) in [6, 6.07) is 2.08. The summed E-state index contributed by atoms with van der Waals surface area (Å²) < 4.78 is 0. The van der Waals surface area contributed by atoms with Crippen molar-refractivity contribution >= 4 is 23.1 Å². The van der Waals surface area contributed by atoms with Gasteiger partial charge < -0.3 is 10.6 Å². The van der Waals surface area contributed by atoms with Gasteiger partial charge in [0, 0.05) is 18.8 Å². The van der Waals surface area contributed by atoms with Gasteiger partial charge in [-0.05, 0) is 19.2 Å². The lowest BCUT2D eigenvalue weighted by Crippen LogP contribution is -2.05. The molecule has 1 aromatic rings. The predicted molar refractivity (Wildman–Crippen MR) is 65.3 cm³/mol. The van der Waals surface area contributed by atoms with Gasteiger partial charge in [-0.25, -0.2) is 0 Å². The van der Waals surface area contributed by atoms with E-state index in [1.165, 1.54) is 0 Å². The Bertz CT molecular complexity index is 265. The summed E-state index contributed by atoms with van der Waals surface area (Å²) in [6.45, 7) is 3.99. The molecule has 4 heteroatoms. The summed E-state index contributed by atoms with van der Waals surface area (Å²) in [6.07, 6.45) is 5.79. The zero-order chi connectivity index (χ0) is 10.2. The fraction of sp³-hybridized carbons (Fsp3) is 0.500. The maximum absolute atomic E-state index is 4.15. The first-order valence-electron chi connectivity index (χ1n) is 4.78. The molecule has 1 rings (SSSR count). The van der Waals surface area contributed by atoms with Crippen molar-refractivity contribution < 1.29 is 0 Å². The molecule has 0 saturated heterocycles. The fourth-order valence-corrected chi connectivity index (χ4v) is 1.44. The Labute approximate surface area is 89.7 Å². The molecule has 1 heterocycles. The third kappa shape index (κ3) is 3.87. The molecule has 2 N–H and O–H groups in total. The number of pyridine rings is 1. The first-order valence-corrected chi connectivity index (χ1v) is 6.18. The number of hydrogen-bond donors (Lipinski definition) is 2. The predicted octanol–water partition coefficient (Wildman–Crippen LogP) is 2.29. The molecule has 14 heavy (non-hydrogen) atoms. The molecule has 0 fully saturated rings. The summed E-state index contributed by atoms with van der Waals surface area (Å²) in [5.74, 6) is 1.12. The highest BCUT2D eigenvalue weighted by Crippen LogP contribution is 2.12. The maximum Gasteiger partial charge on any atom is 0.0547 e. The quantitative estimate of drug-likeness (QED) is 0.708. The van der Waals surface area contributed by atoms with E-state index in [0.29, 0.717) is 0 Å². The molecule has 3 nitrogen and oxygen atoms in total. The third-order valence-corrected chi connectivity index (χ3v) is 2.37. The van der Waals surface area contributed by atoms with Crippen molar-refractivity contribution in [3.63, 3.8) is 0 Å². The maximum atomic E-state index is 4.15. The van der Waals surface area contributed by atoms with Gasteiger partial charge in [0.1, 0.15) is 0 Å². The van der Waals surface area contributed by atoms with Crippen molar-refractivity contribution in [3.8, 4) is 0 Å². The zero-order valence-electron chi connectivity index (χ0n) is 8.71. The van der Waals surface area contributed by atoms with Gasteiger partial charge in [0.2, 0.25) is 0 Å². The number of aromatic nitrogens is 1. The van der Waals surface area contributed by atoms with E-state index >= 15 is 0 Å². The highest BCUT2D eigenvalue weighted by molar-refractivity contribution is 7.98. The third-order valence-electron chi connectivity index (χ3n) is 1.75. The first-order chi connectivity index (χ1) is 6.86. The number of anilines is 2. The van der Waals surface area contributed by atoms with Gasteiger partial charge in [-0.3, -0.25) is 4.98 Å². The molecule has 0 aliphatic carbocycles. The van der Waals surface area contributed by atoms with Crippen molar-refractivity contribution in [2.24, 2.45) is 0 Å². The Morgan fingerprint density at radius 3 is 2.64 bits per heavy atom. The number of rotatable bonds is 6. The summed E-state index contributed by atoms with van der Waals surface area (Å²) in [7, 11) is 0.